The molecule has 0 atom stereocenters. The van der Waals surface area contributed by atoms with E-state index in [4.69, 9.17) is 4.42 Å². The minimum atomic E-state index is -0.176. The van der Waals surface area contributed by atoms with Crippen molar-refractivity contribution in [3.63, 3.8) is 0 Å². The van der Waals surface area contributed by atoms with Crippen LogP contribution in [0.15, 0.2) is 45.4 Å². The van der Waals surface area contributed by atoms with Crippen LogP contribution >= 0.6 is 23.1 Å². The van der Waals surface area contributed by atoms with E-state index in [2.05, 4.69) is 10.3 Å². The van der Waals surface area contributed by atoms with Crippen LogP contribution in [-0.4, -0.2) is 29.2 Å². The lowest BCUT2D eigenvalue weighted by Crippen LogP contribution is -2.30. The van der Waals surface area contributed by atoms with Crippen LogP contribution in [0.4, 0.5) is 10.5 Å². The summed E-state index contributed by atoms with van der Waals surface area (Å²) in [6.07, 6.45) is 3.60. The average Bonchev–Trinajstić information content (AvgIpc) is 3.15. The number of thioether (sulfide) groups is 1. The van der Waals surface area contributed by atoms with E-state index < -0.39 is 0 Å². The maximum atomic E-state index is 12.2. The number of thiazole rings is 1. The normalized spacial score (nSPS) is 10.8. The summed E-state index contributed by atoms with van der Waals surface area (Å²) in [5.41, 5.74) is 1.72. The van der Waals surface area contributed by atoms with Crippen molar-refractivity contribution in [2.45, 2.75) is 10.9 Å². The Morgan fingerprint density at radius 3 is 3.05 bits per heavy atom. The van der Waals surface area contributed by atoms with Crippen LogP contribution in [0.25, 0.3) is 10.2 Å². The van der Waals surface area contributed by atoms with Crippen molar-refractivity contribution in [1.82, 2.24) is 9.88 Å². The molecule has 0 aliphatic carbocycles. The van der Waals surface area contributed by atoms with Crippen LogP contribution in [-0.2, 0) is 6.54 Å². The zero-order valence-electron chi connectivity index (χ0n) is 12.2. The van der Waals surface area contributed by atoms with Gasteiger partial charge in [-0.15, -0.1) is 11.3 Å². The molecule has 7 heteroatoms. The monoisotopic (exact) mass is 333 g/mol. The third-order valence-corrected chi connectivity index (χ3v) is 5.12. The highest BCUT2D eigenvalue weighted by Gasteiger charge is 2.11. The molecule has 1 aromatic carbocycles. The number of furan rings is 1. The number of anilines is 1. The van der Waals surface area contributed by atoms with E-state index in [1.165, 1.54) is 0 Å². The zero-order valence-corrected chi connectivity index (χ0v) is 13.8. The van der Waals surface area contributed by atoms with Gasteiger partial charge in [0.05, 0.1) is 23.0 Å². The Bertz CT molecular complexity index is 783. The molecule has 3 aromatic rings. The third-order valence-electron chi connectivity index (χ3n) is 3.11. The van der Waals surface area contributed by atoms with Crippen molar-refractivity contribution in [3.05, 3.63) is 42.4 Å². The van der Waals surface area contributed by atoms with Crippen molar-refractivity contribution in [2.75, 3.05) is 18.6 Å². The van der Waals surface area contributed by atoms with Gasteiger partial charge in [-0.2, -0.15) is 0 Å². The summed E-state index contributed by atoms with van der Waals surface area (Å²) < 4.78 is 7.33. The molecular formula is C15H15N3O2S2. The molecule has 0 saturated heterocycles. The third kappa shape index (κ3) is 3.26. The standard InChI is InChI=1S/C15H15N3O2S2/c1-18(9-11-4-3-7-20-11)14(19)16-10-5-6-12-13(8-10)22-15(17-12)21-2/h3-8H,9H2,1-2H3,(H,16,19). The van der Waals surface area contributed by atoms with Crippen LogP contribution in [0, 0.1) is 0 Å². The molecule has 0 radical (unpaired) electrons. The van der Waals surface area contributed by atoms with Gasteiger partial charge in [0, 0.05) is 12.7 Å². The Kier molecular flexibility index (Phi) is 4.35. The molecule has 22 heavy (non-hydrogen) atoms. The van der Waals surface area contributed by atoms with Crippen LogP contribution in [0.3, 0.4) is 0 Å². The molecule has 0 spiro atoms. The van der Waals surface area contributed by atoms with Gasteiger partial charge in [-0.3, -0.25) is 0 Å². The van der Waals surface area contributed by atoms with Crippen molar-refractivity contribution >= 4 is 45.0 Å². The molecule has 114 valence electrons. The summed E-state index contributed by atoms with van der Waals surface area (Å²) in [5, 5.41) is 2.89. The van der Waals surface area contributed by atoms with Gasteiger partial charge in [0.15, 0.2) is 4.34 Å². The fourth-order valence-corrected chi connectivity index (χ4v) is 3.52. The molecule has 2 heterocycles. The molecular weight excluding hydrogens is 318 g/mol. The van der Waals surface area contributed by atoms with E-state index in [0.29, 0.717) is 6.54 Å². The van der Waals surface area contributed by atoms with Crippen molar-refractivity contribution in [2.24, 2.45) is 0 Å². The number of urea groups is 1. The van der Waals surface area contributed by atoms with Crippen LogP contribution < -0.4 is 5.32 Å². The van der Waals surface area contributed by atoms with Crippen LogP contribution in [0.1, 0.15) is 5.76 Å². The Labute approximate surface area is 136 Å². The fourth-order valence-electron chi connectivity index (χ4n) is 2.00. The second kappa shape index (κ2) is 6.41. The number of amides is 2. The number of nitrogens with one attached hydrogen (secondary N) is 1. The van der Waals surface area contributed by atoms with Gasteiger partial charge in [0.1, 0.15) is 5.76 Å². The molecule has 2 amide bonds. The summed E-state index contributed by atoms with van der Waals surface area (Å²) in [5.74, 6) is 0.750. The van der Waals surface area contributed by atoms with E-state index in [1.807, 2.05) is 36.6 Å². The van der Waals surface area contributed by atoms with Gasteiger partial charge in [-0.25, -0.2) is 9.78 Å². The number of hydrogen-bond acceptors (Lipinski definition) is 5. The number of rotatable bonds is 4. The Hall–Kier alpha value is -1.99. The number of carbonyl (C=O) groups is 1. The first-order valence-electron chi connectivity index (χ1n) is 6.65. The molecule has 0 fully saturated rings. The fraction of sp³-hybridized carbons (Fsp3) is 0.200. The zero-order chi connectivity index (χ0) is 15.5. The summed E-state index contributed by atoms with van der Waals surface area (Å²) >= 11 is 3.25. The van der Waals surface area contributed by atoms with Crippen LogP contribution in [0.5, 0.6) is 0 Å². The Morgan fingerprint density at radius 1 is 1.45 bits per heavy atom. The van der Waals surface area contributed by atoms with Crippen LogP contribution in [0.2, 0.25) is 0 Å². The highest BCUT2D eigenvalue weighted by atomic mass is 32.2. The van der Waals surface area contributed by atoms with Crippen molar-refractivity contribution in [1.29, 1.82) is 0 Å². The predicted molar refractivity (Wildman–Crippen MR) is 90.6 cm³/mol. The van der Waals surface area contributed by atoms with E-state index in [9.17, 15) is 4.79 Å². The second-order valence-corrected chi connectivity index (χ2v) is 6.82. The van der Waals surface area contributed by atoms with Gasteiger partial charge in [0.2, 0.25) is 0 Å². The molecule has 3 rings (SSSR count). The molecule has 0 aliphatic heterocycles. The van der Waals surface area contributed by atoms with Gasteiger partial charge in [0.25, 0.3) is 0 Å². The first kappa shape index (κ1) is 14.9. The van der Waals surface area contributed by atoms with Gasteiger partial charge in [-0.05, 0) is 36.6 Å². The number of nitrogens with zero attached hydrogens (tertiary/aromatic N) is 2. The molecule has 0 unspecified atom stereocenters. The number of hydrogen-bond donors (Lipinski definition) is 1. The molecule has 0 saturated carbocycles. The predicted octanol–water partition coefficient (Wildman–Crippen LogP) is 4.28. The summed E-state index contributed by atoms with van der Waals surface area (Å²) in [7, 11) is 1.73. The number of aromatic nitrogens is 1. The maximum Gasteiger partial charge on any atom is 0.321 e. The van der Waals surface area contributed by atoms with E-state index in [1.54, 1.807) is 41.3 Å². The highest BCUT2D eigenvalue weighted by Crippen LogP contribution is 2.30. The summed E-state index contributed by atoms with van der Waals surface area (Å²) in [6.45, 7) is 0.429. The topological polar surface area (TPSA) is 58.4 Å². The molecule has 1 N–H and O–H groups in total. The summed E-state index contributed by atoms with van der Waals surface area (Å²) in [6, 6.07) is 9.22. The average molecular weight is 333 g/mol. The second-order valence-electron chi connectivity index (χ2n) is 4.73. The lowest BCUT2D eigenvalue weighted by molar-refractivity contribution is 0.217. The van der Waals surface area contributed by atoms with Gasteiger partial charge < -0.3 is 14.6 Å². The minimum Gasteiger partial charge on any atom is -0.467 e. The number of carbonyl (C=O) groups excluding carboxylic acids is 1. The lowest BCUT2D eigenvalue weighted by Gasteiger charge is -2.16. The van der Waals surface area contributed by atoms with Crippen molar-refractivity contribution < 1.29 is 9.21 Å². The van der Waals surface area contributed by atoms with E-state index in [0.717, 1.165) is 26.0 Å². The largest absolute Gasteiger partial charge is 0.467 e. The Balaban J connectivity index is 1.70. The number of benzene rings is 1. The molecule has 0 aliphatic rings. The lowest BCUT2D eigenvalue weighted by atomic mass is 10.3. The number of fused-ring (bicyclic) bond motifs is 1. The summed E-state index contributed by atoms with van der Waals surface area (Å²) in [4.78, 5) is 18.2. The maximum absolute atomic E-state index is 12.2. The van der Waals surface area contributed by atoms with Gasteiger partial charge >= 0.3 is 6.03 Å². The molecule has 0 bridgehead atoms. The first-order chi connectivity index (χ1) is 10.7. The molecule has 5 nitrogen and oxygen atoms in total. The highest BCUT2D eigenvalue weighted by molar-refractivity contribution is 8.00. The smallest absolute Gasteiger partial charge is 0.321 e. The molecule has 2 aromatic heterocycles. The van der Waals surface area contributed by atoms with Crippen molar-refractivity contribution in [3.8, 4) is 0 Å². The SMILES string of the molecule is CSc1nc2ccc(NC(=O)N(C)Cc3ccco3)cc2s1. The Morgan fingerprint density at radius 2 is 2.32 bits per heavy atom. The minimum absolute atomic E-state index is 0.176. The first-order valence-corrected chi connectivity index (χ1v) is 8.69. The quantitative estimate of drug-likeness (QED) is 0.724. The van der Waals surface area contributed by atoms with E-state index in [-0.39, 0.29) is 6.03 Å². The van der Waals surface area contributed by atoms with E-state index >= 15 is 0 Å². The van der Waals surface area contributed by atoms with Gasteiger partial charge in [-0.1, -0.05) is 11.8 Å².